The maximum atomic E-state index is 12.3. The zero-order valence-corrected chi connectivity index (χ0v) is 14.1. The van der Waals surface area contributed by atoms with Gasteiger partial charge < -0.3 is 14.6 Å². The molecule has 0 bridgehead atoms. The Balaban J connectivity index is 1.83. The Morgan fingerprint density at radius 3 is 2.91 bits per heavy atom. The van der Waals surface area contributed by atoms with Crippen molar-refractivity contribution in [2.24, 2.45) is 0 Å². The number of fused-ring (bicyclic) bond motifs is 1. The predicted octanol–water partition coefficient (Wildman–Crippen LogP) is 3.90. The van der Waals surface area contributed by atoms with Crippen molar-refractivity contribution in [1.82, 2.24) is 14.9 Å². The molecule has 0 spiro atoms. The molecule has 1 aliphatic rings. The van der Waals surface area contributed by atoms with Crippen LogP contribution in [0.3, 0.4) is 0 Å². The molecule has 1 N–H and O–H groups in total. The Kier molecular flexibility index (Phi) is 3.88. The smallest absolute Gasteiger partial charge is 0.410 e. The zero-order chi connectivity index (χ0) is 16.6. The number of aryl methyl sites for hydroxylation is 1. The fourth-order valence-corrected chi connectivity index (χ4v) is 2.82. The summed E-state index contributed by atoms with van der Waals surface area (Å²) in [6.07, 6.45) is 4.67. The van der Waals surface area contributed by atoms with Crippen LogP contribution in [0, 0.1) is 6.92 Å². The van der Waals surface area contributed by atoms with Crippen LogP contribution in [0.5, 0.6) is 0 Å². The highest BCUT2D eigenvalue weighted by molar-refractivity contribution is 5.83. The summed E-state index contributed by atoms with van der Waals surface area (Å²) in [5.41, 5.74) is 3.63. The molecule has 1 amide bonds. The van der Waals surface area contributed by atoms with Gasteiger partial charge in [0.2, 0.25) is 0 Å². The molecule has 3 heterocycles. The van der Waals surface area contributed by atoms with Crippen LogP contribution in [0.4, 0.5) is 4.79 Å². The standard InChI is InChI=1S/C18H23N3O2/c1-12-15(10-13-7-8-19-16(13)20-12)14-6-5-9-21(11-14)17(22)23-18(2,3)4/h6-8,10H,5,9,11H2,1-4H3,(H,19,20). The largest absolute Gasteiger partial charge is 0.444 e. The number of pyridine rings is 1. The first kappa shape index (κ1) is 15.6. The van der Waals surface area contributed by atoms with Crippen molar-refractivity contribution in [3.63, 3.8) is 0 Å². The van der Waals surface area contributed by atoms with Crippen molar-refractivity contribution in [3.8, 4) is 0 Å². The van der Waals surface area contributed by atoms with Gasteiger partial charge in [0.15, 0.2) is 0 Å². The van der Waals surface area contributed by atoms with E-state index >= 15 is 0 Å². The lowest BCUT2D eigenvalue weighted by molar-refractivity contribution is 0.0273. The monoisotopic (exact) mass is 313 g/mol. The first-order chi connectivity index (χ1) is 10.8. The van der Waals surface area contributed by atoms with Crippen LogP contribution >= 0.6 is 0 Å². The van der Waals surface area contributed by atoms with Gasteiger partial charge in [0.1, 0.15) is 11.2 Å². The van der Waals surface area contributed by atoms with Gasteiger partial charge in [-0.15, -0.1) is 0 Å². The maximum Gasteiger partial charge on any atom is 0.410 e. The Hall–Kier alpha value is -2.30. The van der Waals surface area contributed by atoms with Gasteiger partial charge in [0, 0.05) is 35.9 Å². The third kappa shape index (κ3) is 3.38. The van der Waals surface area contributed by atoms with E-state index in [4.69, 9.17) is 4.74 Å². The lowest BCUT2D eigenvalue weighted by atomic mass is 9.99. The molecule has 0 saturated heterocycles. The average molecular weight is 313 g/mol. The van der Waals surface area contributed by atoms with Gasteiger partial charge in [-0.25, -0.2) is 9.78 Å². The number of aromatic amines is 1. The number of H-pyrrole nitrogens is 1. The summed E-state index contributed by atoms with van der Waals surface area (Å²) >= 11 is 0. The fourth-order valence-electron chi connectivity index (χ4n) is 2.82. The number of nitrogens with zero attached hydrogens (tertiary/aromatic N) is 2. The van der Waals surface area contributed by atoms with Crippen molar-refractivity contribution < 1.29 is 9.53 Å². The Morgan fingerprint density at radius 1 is 1.39 bits per heavy atom. The van der Waals surface area contributed by atoms with Crippen LogP contribution < -0.4 is 0 Å². The van der Waals surface area contributed by atoms with Gasteiger partial charge in [0.25, 0.3) is 0 Å². The number of aromatic nitrogens is 2. The first-order valence-electron chi connectivity index (χ1n) is 7.95. The lowest BCUT2D eigenvalue weighted by Gasteiger charge is -2.30. The predicted molar refractivity (Wildman–Crippen MR) is 91.2 cm³/mol. The molecule has 0 atom stereocenters. The van der Waals surface area contributed by atoms with Gasteiger partial charge >= 0.3 is 6.09 Å². The van der Waals surface area contributed by atoms with E-state index in [1.165, 1.54) is 0 Å². The molecule has 5 nitrogen and oxygen atoms in total. The van der Waals surface area contributed by atoms with E-state index in [0.717, 1.165) is 34.3 Å². The topological polar surface area (TPSA) is 58.2 Å². The first-order valence-corrected chi connectivity index (χ1v) is 7.95. The lowest BCUT2D eigenvalue weighted by Crippen LogP contribution is -2.39. The van der Waals surface area contributed by atoms with E-state index in [1.807, 2.05) is 40.0 Å². The van der Waals surface area contributed by atoms with Crippen molar-refractivity contribution in [3.05, 3.63) is 35.7 Å². The number of carbonyl (C=O) groups excluding carboxylic acids is 1. The minimum atomic E-state index is -0.472. The number of ether oxygens (including phenoxy) is 1. The van der Waals surface area contributed by atoms with E-state index in [9.17, 15) is 4.79 Å². The molecule has 2 aromatic heterocycles. The van der Waals surface area contributed by atoms with Crippen LogP contribution in [-0.4, -0.2) is 39.7 Å². The molecule has 0 aromatic carbocycles. The molecule has 0 saturated carbocycles. The van der Waals surface area contributed by atoms with Gasteiger partial charge in [-0.3, -0.25) is 0 Å². The molecule has 0 radical (unpaired) electrons. The average Bonchev–Trinajstić information content (AvgIpc) is 2.92. The molecule has 23 heavy (non-hydrogen) atoms. The molecule has 1 aliphatic heterocycles. The van der Waals surface area contributed by atoms with E-state index in [0.29, 0.717) is 13.1 Å². The number of amides is 1. The van der Waals surface area contributed by atoms with Crippen LogP contribution in [-0.2, 0) is 4.74 Å². The normalized spacial score (nSPS) is 15.7. The third-order valence-electron chi connectivity index (χ3n) is 3.87. The molecule has 0 unspecified atom stereocenters. The van der Waals surface area contributed by atoms with Crippen LogP contribution in [0.15, 0.2) is 24.4 Å². The number of rotatable bonds is 1. The second kappa shape index (κ2) is 5.72. The molecular formula is C18H23N3O2. The van der Waals surface area contributed by atoms with Gasteiger partial charge in [-0.1, -0.05) is 6.08 Å². The molecule has 122 valence electrons. The van der Waals surface area contributed by atoms with E-state index in [1.54, 1.807) is 4.90 Å². The summed E-state index contributed by atoms with van der Waals surface area (Å²) in [6, 6.07) is 4.15. The zero-order valence-electron chi connectivity index (χ0n) is 14.1. The van der Waals surface area contributed by atoms with Gasteiger partial charge in [-0.05, 0) is 51.8 Å². The minimum Gasteiger partial charge on any atom is -0.444 e. The minimum absolute atomic E-state index is 0.253. The van der Waals surface area contributed by atoms with Crippen molar-refractivity contribution in [2.45, 2.75) is 39.7 Å². The van der Waals surface area contributed by atoms with Crippen molar-refractivity contribution >= 4 is 22.7 Å². The second-order valence-electron chi connectivity index (χ2n) is 6.96. The SMILES string of the molecule is Cc1nc2[nH]ccc2cc1C1=CCCN(C(=O)OC(C)(C)C)C1. The molecule has 0 aliphatic carbocycles. The maximum absolute atomic E-state index is 12.3. The van der Waals surface area contributed by atoms with Crippen LogP contribution in [0.2, 0.25) is 0 Å². The highest BCUT2D eigenvalue weighted by Crippen LogP contribution is 2.26. The van der Waals surface area contributed by atoms with Crippen molar-refractivity contribution in [2.75, 3.05) is 13.1 Å². The summed E-state index contributed by atoms with van der Waals surface area (Å²) < 4.78 is 5.49. The molecule has 3 rings (SSSR count). The fraction of sp³-hybridized carbons (Fsp3) is 0.444. The molecule has 0 fully saturated rings. The van der Waals surface area contributed by atoms with Crippen molar-refractivity contribution in [1.29, 1.82) is 0 Å². The summed E-state index contributed by atoms with van der Waals surface area (Å²) in [5, 5.41) is 1.08. The van der Waals surface area contributed by atoms with E-state index in [2.05, 4.69) is 22.1 Å². The Bertz CT molecular complexity index is 768. The van der Waals surface area contributed by atoms with Gasteiger partial charge in [0.05, 0.1) is 0 Å². The summed E-state index contributed by atoms with van der Waals surface area (Å²) in [6.45, 7) is 8.92. The van der Waals surface area contributed by atoms with Crippen LogP contribution in [0.1, 0.15) is 38.4 Å². The summed E-state index contributed by atoms with van der Waals surface area (Å²) in [5.74, 6) is 0. The highest BCUT2D eigenvalue weighted by Gasteiger charge is 2.25. The van der Waals surface area contributed by atoms with E-state index in [-0.39, 0.29) is 6.09 Å². The third-order valence-corrected chi connectivity index (χ3v) is 3.87. The van der Waals surface area contributed by atoms with E-state index < -0.39 is 5.60 Å². The Morgan fingerprint density at radius 2 is 2.17 bits per heavy atom. The van der Waals surface area contributed by atoms with Gasteiger partial charge in [-0.2, -0.15) is 0 Å². The summed E-state index contributed by atoms with van der Waals surface area (Å²) in [4.78, 5) is 21.8. The molecular weight excluding hydrogens is 290 g/mol. The highest BCUT2D eigenvalue weighted by atomic mass is 16.6. The summed E-state index contributed by atoms with van der Waals surface area (Å²) in [7, 11) is 0. The number of nitrogens with one attached hydrogen (secondary N) is 1. The number of carbonyl (C=O) groups is 1. The Labute approximate surface area is 136 Å². The number of hydrogen-bond acceptors (Lipinski definition) is 3. The quantitative estimate of drug-likeness (QED) is 0.868. The molecule has 5 heteroatoms. The second-order valence-corrected chi connectivity index (χ2v) is 6.96. The van der Waals surface area contributed by atoms with Crippen LogP contribution in [0.25, 0.3) is 16.6 Å². The number of hydrogen-bond donors (Lipinski definition) is 1. The molecule has 2 aromatic rings.